The lowest BCUT2D eigenvalue weighted by Gasteiger charge is -2.38. The SMILES string of the molecule is Cc1cc(C)c2c(c1)[C@@H]1OC(c3cc(-n4c5ccc(C)cc5c5ccc(-n6c7ccc(C(C)C)cc7c7cccnc76)cc54)c(C)cc3C)=N[C@]1(C)c1cc(C)cc(C)c1-2. The Labute approximate surface area is 352 Å². The number of aliphatic imine (C=N–C) groups is 1. The average Bonchev–Trinajstić information content (AvgIpc) is 3.85. The Kier molecular flexibility index (Phi) is 7.79. The molecule has 2 aliphatic rings. The fourth-order valence-electron chi connectivity index (χ4n) is 10.8. The Hall–Kier alpha value is -6.46. The van der Waals surface area contributed by atoms with Crippen molar-refractivity contribution in [2.75, 3.05) is 0 Å². The van der Waals surface area contributed by atoms with E-state index >= 15 is 0 Å². The summed E-state index contributed by atoms with van der Waals surface area (Å²) in [5.74, 6) is 1.14. The fourth-order valence-corrected chi connectivity index (χ4v) is 10.8. The highest BCUT2D eigenvalue weighted by molar-refractivity contribution is 6.12. The van der Waals surface area contributed by atoms with Gasteiger partial charge in [0.1, 0.15) is 11.2 Å². The van der Waals surface area contributed by atoms with Crippen molar-refractivity contribution in [2.45, 2.75) is 86.8 Å². The molecule has 0 saturated carbocycles. The molecule has 1 aliphatic carbocycles. The number of hydrogen-bond donors (Lipinski definition) is 0. The first-order chi connectivity index (χ1) is 28.8. The molecular formula is C55H50N4O. The van der Waals surface area contributed by atoms with Gasteiger partial charge in [-0.25, -0.2) is 9.98 Å². The third-order valence-electron chi connectivity index (χ3n) is 13.5. The largest absolute Gasteiger partial charge is 0.466 e. The summed E-state index contributed by atoms with van der Waals surface area (Å²) < 4.78 is 12.0. The predicted molar refractivity (Wildman–Crippen MR) is 250 cm³/mol. The van der Waals surface area contributed by atoms with Crippen LogP contribution < -0.4 is 0 Å². The minimum atomic E-state index is -0.586. The van der Waals surface area contributed by atoms with Gasteiger partial charge < -0.3 is 9.30 Å². The molecule has 0 spiro atoms. The van der Waals surface area contributed by atoms with Gasteiger partial charge in [0, 0.05) is 50.2 Å². The Morgan fingerprint density at radius 2 is 1.33 bits per heavy atom. The minimum absolute atomic E-state index is 0.242. The summed E-state index contributed by atoms with van der Waals surface area (Å²) in [6.45, 7) is 22.3. The van der Waals surface area contributed by atoms with E-state index in [2.05, 4.69) is 175 Å². The third kappa shape index (κ3) is 5.11. The first-order valence-electron chi connectivity index (χ1n) is 21.4. The average molecular weight is 783 g/mol. The van der Waals surface area contributed by atoms with Crippen LogP contribution in [0, 0.1) is 48.5 Å². The molecule has 2 atom stereocenters. The van der Waals surface area contributed by atoms with Crippen molar-refractivity contribution in [3.05, 3.63) is 171 Å². The van der Waals surface area contributed by atoms with Crippen LogP contribution in [0.3, 0.4) is 0 Å². The highest BCUT2D eigenvalue weighted by Crippen LogP contribution is 2.57. The lowest BCUT2D eigenvalue weighted by atomic mass is 9.70. The van der Waals surface area contributed by atoms with Crippen molar-refractivity contribution < 1.29 is 4.74 Å². The van der Waals surface area contributed by atoms with E-state index in [1.54, 1.807) is 0 Å². The lowest BCUT2D eigenvalue weighted by Crippen LogP contribution is -2.31. The van der Waals surface area contributed by atoms with Crippen LogP contribution in [-0.2, 0) is 10.3 Å². The van der Waals surface area contributed by atoms with Gasteiger partial charge in [-0.1, -0.05) is 79.1 Å². The number of ether oxygens (including phenoxy) is 1. The van der Waals surface area contributed by atoms with Crippen LogP contribution in [0.1, 0.15) is 94.0 Å². The van der Waals surface area contributed by atoms with E-state index in [1.807, 2.05) is 12.3 Å². The molecule has 4 heterocycles. The molecule has 11 rings (SSSR count). The summed E-state index contributed by atoms with van der Waals surface area (Å²) in [6, 6.07) is 38.8. The van der Waals surface area contributed by atoms with Crippen LogP contribution in [0.2, 0.25) is 0 Å². The Morgan fingerprint density at radius 1 is 0.600 bits per heavy atom. The molecular weight excluding hydrogens is 733 g/mol. The molecule has 60 heavy (non-hydrogen) atoms. The normalized spacial score (nSPS) is 17.1. The van der Waals surface area contributed by atoms with Gasteiger partial charge in [-0.2, -0.15) is 0 Å². The second kappa shape index (κ2) is 12.8. The summed E-state index contributed by atoms with van der Waals surface area (Å²) in [5.41, 5.74) is 22.1. The van der Waals surface area contributed by atoms with E-state index in [1.165, 1.54) is 82.9 Å². The van der Waals surface area contributed by atoms with Crippen LogP contribution in [0.4, 0.5) is 0 Å². The number of aromatic nitrogens is 3. The first-order valence-corrected chi connectivity index (χ1v) is 21.4. The molecule has 9 aromatic rings. The van der Waals surface area contributed by atoms with Crippen LogP contribution >= 0.6 is 0 Å². The number of rotatable bonds is 4. The van der Waals surface area contributed by atoms with E-state index in [9.17, 15) is 0 Å². The molecule has 6 aromatic carbocycles. The molecule has 296 valence electrons. The number of fused-ring (bicyclic) bond motifs is 12. The van der Waals surface area contributed by atoms with Gasteiger partial charge in [0.25, 0.3) is 0 Å². The zero-order chi connectivity index (χ0) is 41.5. The van der Waals surface area contributed by atoms with Crippen molar-refractivity contribution in [1.29, 1.82) is 0 Å². The molecule has 1 aliphatic heterocycles. The van der Waals surface area contributed by atoms with Crippen LogP contribution in [0.25, 0.3) is 66.2 Å². The van der Waals surface area contributed by atoms with E-state index in [0.29, 0.717) is 11.8 Å². The topological polar surface area (TPSA) is 44.3 Å². The molecule has 3 aromatic heterocycles. The van der Waals surface area contributed by atoms with Crippen molar-refractivity contribution in [1.82, 2.24) is 14.1 Å². The molecule has 5 heteroatoms. The first kappa shape index (κ1) is 36.6. The molecule has 0 amide bonds. The van der Waals surface area contributed by atoms with E-state index in [0.717, 1.165) is 44.6 Å². The summed E-state index contributed by atoms with van der Waals surface area (Å²) >= 11 is 0. The molecule has 0 saturated heterocycles. The van der Waals surface area contributed by atoms with E-state index in [4.69, 9.17) is 14.7 Å². The fraction of sp³-hybridized carbons (Fsp3) is 0.236. The molecule has 0 radical (unpaired) electrons. The van der Waals surface area contributed by atoms with Gasteiger partial charge in [0.05, 0.1) is 16.6 Å². The maximum Gasteiger partial charge on any atom is 0.218 e. The Balaban J connectivity index is 1.13. The zero-order valence-electron chi connectivity index (χ0n) is 36.2. The van der Waals surface area contributed by atoms with Crippen LogP contribution in [0.15, 0.2) is 114 Å². The standard InChI is InChI=1S/C55H50N4O/c1-29(2)37-14-18-46-43(26-37)40-12-11-19-56-53(40)58(46)38-15-16-39-42-22-30(3)13-17-47(42)59(49(39)27-38)48-28-41(33(6)25-34(48)7)54-57-55(10)45-24-32(5)21-36(9)51(45)50-35(8)20-31(4)23-44(50)52(55)60-54/h11-29,52H,1-10H3/t52-,55+/m0/s1. The number of pyridine rings is 1. The van der Waals surface area contributed by atoms with Crippen LogP contribution in [-0.4, -0.2) is 20.0 Å². The zero-order valence-corrected chi connectivity index (χ0v) is 36.2. The van der Waals surface area contributed by atoms with Gasteiger partial charge >= 0.3 is 0 Å². The molecule has 5 nitrogen and oxygen atoms in total. The van der Waals surface area contributed by atoms with Gasteiger partial charge in [0.2, 0.25) is 5.90 Å². The summed E-state index contributed by atoms with van der Waals surface area (Å²) in [5, 5.41) is 4.84. The highest BCUT2D eigenvalue weighted by Gasteiger charge is 2.51. The third-order valence-corrected chi connectivity index (χ3v) is 13.5. The van der Waals surface area contributed by atoms with Crippen molar-refractivity contribution in [3.8, 4) is 22.5 Å². The Bertz CT molecular complexity index is 3370. The smallest absolute Gasteiger partial charge is 0.218 e. The van der Waals surface area contributed by atoms with Crippen molar-refractivity contribution in [2.24, 2.45) is 4.99 Å². The lowest BCUT2D eigenvalue weighted by molar-refractivity contribution is 0.145. The van der Waals surface area contributed by atoms with E-state index < -0.39 is 5.54 Å². The van der Waals surface area contributed by atoms with Gasteiger partial charge in [0.15, 0.2) is 6.10 Å². The summed E-state index contributed by atoms with van der Waals surface area (Å²) in [4.78, 5) is 10.6. The monoisotopic (exact) mass is 782 g/mol. The maximum atomic E-state index is 7.21. The predicted octanol–water partition coefficient (Wildman–Crippen LogP) is 14.0. The minimum Gasteiger partial charge on any atom is -0.466 e. The van der Waals surface area contributed by atoms with E-state index in [-0.39, 0.29) is 6.10 Å². The number of aryl methyl sites for hydroxylation is 7. The molecule has 0 bridgehead atoms. The molecule has 0 unspecified atom stereocenters. The second-order valence-corrected chi connectivity index (χ2v) is 18.3. The van der Waals surface area contributed by atoms with Gasteiger partial charge in [-0.15, -0.1) is 0 Å². The van der Waals surface area contributed by atoms with Gasteiger partial charge in [-0.05, 0) is 160 Å². The van der Waals surface area contributed by atoms with Crippen molar-refractivity contribution >= 4 is 49.6 Å². The summed E-state index contributed by atoms with van der Waals surface area (Å²) in [7, 11) is 0. The molecule has 0 fully saturated rings. The van der Waals surface area contributed by atoms with Crippen molar-refractivity contribution in [3.63, 3.8) is 0 Å². The van der Waals surface area contributed by atoms with Crippen LogP contribution in [0.5, 0.6) is 0 Å². The highest BCUT2D eigenvalue weighted by atomic mass is 16.5. The molecule has 0 N–H and O–H groups in total. The number of benzene rings is 6. The number of hydrogen-bond acceptors (Lipinski definition) is 3. The number of nitrogens with zero attached hydrogens (tertiary/aromatic N) is 4. The Morgan fingerprint density at radius 3 is 2.13 bits per heavy atom. The quantitative estimate of drug-likeness (QED) is 0.178. The summed E-state index contributed by atoms with van der Waals surface area (Å²) in [6.07, 6.45) is 1.66. The second-order valence-electron chi connectivity index (χ2n) is 18.3. The van der Waals surface area contributed by atoms with Gasteiger partial charge in [-0.3, -0.25) is 4.57 Å². The maximum absolute atomic E-state index is 7.21.